The third-order valence-corrected chi connectivity index (χ3v) is 3.21. The molecule has 0 spiro atoms. The van der Waals surface area contributed by atoms with Crippen LogP contribution in [0, 0.1) is 0 Å². The highest BCUT2D eigenvalue weighted by Crippen LogP contribution is 2.21. The van der Waals surface area contributed by atoms with E-state index in [1.165, 1.54) is 0 Å². The van der Waals surface area contributed by atoms with E-state index < -0.39 is 0 Å². The molecule has 0 bridgehead atoms. The highest BCUT2D eigenvalue weighted by molar-refractivity contribution is 5.66. The predicted molar refractivity (Wildman–Crippen MR) is 84.6 cm³/mol. The summed E-state index contributed by atoms with van der Waals surface area (Å²) in [5.74, 6) is 0.542. The summed E-state index contributed by atoms with van der Waals surface area (Å²) in [5.41, 5.74) is 1.52. The van der Waals surface area contributed by atoms with Gasteiger partial charge in [0.15, 0.2) is 0 Å². The molecule has 0 fully saturated rings. The molecule has 1 aromatic rings. The molecule has 3 nitrogen and oxygen atoms in total. The van der Waals surface area contributed by atoms with Crippen LogP contribution in [-0.2, 0) is 0 Å². The number of aromatic hydroxyl groups is 1. The van der Waals surface area contributed by atoms with Gasteiger partial charge in [-0.25, -0.2) is 0 Å². The number of rotatable bonds is 10. The fraction of sp³-hybridized carbons (Fsp3) is 0.412. The number of para-hydroxylation sites is 1. The second kappa shape index (κ2) is 9.08. The number of hydrogen-bond acceptors (Lipinski definition) is 3. The maximum atomic E-state index is 9.70. The molecule has 0 amide bonds. The highest BCUT2D eigenvalue weighted by atomic mass is 16.3. The number of phenolic OH excluding ortho intramolecular Hbond substituents is 1. The molecule has 3 heteroatoms. The fourth-order valence-corrected chi connectivity index (χ4v) is 2.05. The van der Waals surface area contributed by atoms with Crippen molar-refractivity contribution in [2.45, 2.75) is 38.5 Å². The van der Waals surface area contributed by atoms with Crippen molar-refractivity contribution in [2.24, 2.45) is 0 Å². The van der Waals surface area contributed by atoms with Crippen LogP contribution in [0.5, 0.6) is 5.75 Å². The maximum absolute atomic E-state index is 9.70. The molecule has 0 radical (unpaired) electrons. The Morgan fingerprint density at radius 2 is 1.65 bits per heavy atom. The summed E-state index contributed by atoms with van der Waals surface area (Å²) < 4.78 is 0. The van der Waals surface area contributed by atoms with Gasteiger partial charge in [-0.1, -0.05) is 44.6 Å². The molecule has 0 aromatic heterocycles. The average Bonchev–Trinajstić information content (AvgIpc) is 2.41. The summed E-state index contributed by atoms with van der Waals surface area (Å²) in [6.07, 6.45) is 6.24. The third-order valence-electron chi connectivity index (χ3n) is 3.21. The zero-order valence-corrected chi connectivity index (χ0v) is 12.1. The van der Waals surface area contributed by atoms with E-state index in [-0.39, 0.29) is 11.5 Å². The molecule has 0 unspecified atom stereocenters. The first kappa shape index (κ1) is 16.2. The van der Waals surface area contributed by atoms with E-state index in [1.807, 2.05) is 12.1 Å². The number of aliphatic hydroxyl groups is 1. The molecule has 1 rings (SSSR count). The van der Waals surface area contributed by atoms with Crippen molar-refractivity contribution < 1.29 is 10.2 Å². The Balaban J connectivity index is 2.08. The van der Waals surface area contributed by atoms with E-state index in [0.29, 0.717) is 6.42 Å². The Labute approximate surface area is 121 Å². The van der Waals surface area contributed by atoms with E-state index in [4.69, 9.17) is 5.11 Å². The summed E-state index contributed by atoms with van der Waals surface area (Å²) >= 11 is 0. The van der Waals surface area contributed by atoms with Gasteiger partial charge in [0.05, 0.1) is 5.76 Å². The van der Waals surface area contributed by atoms with Crippen LogP contribution >= 0.6 is 0 Å². The van der Waals surface area contributed by atoms with Crippen molar-refractivity contribution in [2.75, 3.05) is 6.54 Å². The molecule has 0 heterocycles. The zero-order chi connectivity index (χ0) is 14.8. The molecule has 1 aromatic carbocycles. The highest BCUT2D eigenvalue weighted by Gasteiger charge is 2.02. The first-order valence-electron chi connectivity index (χ1n) is 7.19. The standard InChI is InChI=1S/C17H25NO2/c1-14(19)10-6-4-3-5-9-13-18-15(2)16-11-7-8-12-17(16)20/h7-8,11-12,18-20H,1-6,9-10,13H2. The Morgan fingerprint density at radius 3 is 2.35 bits per heavy atom. The van der Waals surface area contributed by atoms with E-state index in [0.717, 1.165) is 49.9 Å². The quantitative estimate of drug-likeness (QED) is 0.439. The topological polar surface area (TPSA) is 52.5 Å². The van der Waals surface area contributed by atoms with Gasteiger partial charge in [-0.05, 0) is 25.0 Å². The minimum absolute atomic E-state index is 0.259. The summed E-state index contributed by atoms with van der Waals surface area (Å²) in [6, 6.07) is 7.20. The monoisotopic (exact) mass is 275 g/mol. The molecule has 0 saturated heterocycles. The van der Waals surface area contributed by atoms with Gasteiger partial charge >= 0.3 is 0 Å². The van der Waals surface area contributed by atoms with Crippen molar-refractivity contribution in [1.82, 2.24) is 5.32 Å². The summed E-state index contributed by atoms with van der Waals surface area (Å²) in [5, 5.41) is 21.9. The fourth-order valence-electron chi connectivity index (χ4n) is 2.05. The molecule has 0 aliphatic rings. The van der Waals surface area contributed by atoms with Crippen LogP contribution in [0.15, 0.2) is 43.2 Å². The third kappa shape index (κ3) is 6.32. The van der Waals surface area contributed by atoms with Gasteiger partial charge in [-0.2, -0.15) is 0 Å². The van der Waals surface area contributed by atoms with Gasteiger partial charge in [-0.15, -0.1) is 0 Å². The van der Waals surface area contributed by atoms with Crippen LogP contribution in [0.25, 0.3) is 5.70 Å². The van der Waals surface area contributed by atoms with E-state index in [2.05, 4.69) is 18.5 Å². The van der Waals surface area contributed by atoms with Crippen LogP contribution in [-0.4, -0.2) is 16.8 Å². The molecule has 0 aliphatic carbocycles. The lowest BCUT2D eigenvalue weighted by Gasteiger charge is -2.11. The SMILES string of the molecule is C=C(O)CCCCCCCNC(=C)c1ccccc1O. The Kier molecular flexibility index (Phi) is 7.33. The van der Waals surface area contributed by atoms with Crippen molar-refractivity contribution in [3.8, 4) is 5.75 Å². The smallest absolute Gasteiger partial charge is 0.124 e. The summed E-state index contributed by atoms with van der Waals surface area (Å²) in [7, 11) is 0. The molecule has 20 heavy (non-hydrogen) atoms. The first-order chi connectivity index (χ1) is 9.61. The number of benzene rings is 1. The Morgan fingerprint density at radius 1 is 1.00 bits per heavy atom. The van der Waals surface area contributed by atoms with Crippen LogP contribution in [0.3, 0.4) is 0 Å². The summed E-state index contributed by atoms with van der Waals surface area (Å²) in [6.45, 7) is 8.28. The molecule has 0 atom stereocenters. The molecular weight excluding hydrogens is 250 g/mol. The molecule has 3 N–H and O–H groups in total. The summed E-state index contributed by atoms with van der Waals surface area (Å²) in [4.78, 5) is 0. The van der Waals surface area contributed by atoms with Crippen LogP contribution < -0.4 is 5.32 Å². The minimum atomic E-state index is 0.259. The molecule has 0 saturated carbocycles. The minimum Gasteiger partial charge on any atom is -0.513 e. The lowest BCUT2D eigenvalue weighted by Crippen LogP contribution is -2.12. The van der Waals surface area contributed by atoms with Crippen molar-refractivity contribution in [3.63, 3.8) is 0 Å². The number of unbranched alkanes of at least 4 members (excludes halogenated alkanes) is 4. The van der Waals surface area contributed by atoms with Crippen LogP contribution in [0.4, 0.5) is 0 Å². The van der Waals surface area contributed by atoms with Gasteiger partial charge in [0.1, 0.15) is 5.75 Å². The van der Waals surface area contributed by atoms with E-state index >= 15 is 0 Å². The Hall–Kier alpha value is -1.90. The van der Waals surface area contributed by atoms with Crippen molar-refractivity contribution in [3.05, 3.63) is 48.7 Å². The zero-order valence-electron chi connectivity index (χ0n) is 12.1. The number of allylic oxidation sites excluding steroid dienone is 1. The van der Waals surface area contributed by atoms with Gasteiger partial charge in [0.2, 0.25) is 0 Å². The van der Waals surface area contributed by atoms with Crippen LogP contribution in [0.1, 0.15) is 44.1 Å². The van der Waals surface area contributed by atoms with E-state index in [9.17, 15) is 5.11 Å². The molecule has 110 valence electrons. The number of aliphatic hydroxyl groups excluding tert-OH is 1. The second-order valence-corrected chi connectivity index (χ2v) is 5.01. The predicted octanol–water partition coefficient (Wildman–Crippen LogP) is 4.36. The number of hydrogen-bond donors (Lipinski definition) is 3. The largest absolute Gasteiger partial charge is 0.513 e. The number of nitrogens with one attached hydrogen (secondary N) is 1. The van der Waals surface area contributed by atoms with Gasteiger partial charge in [-0.3, -0.25) is 0 Å². The van der Waals surface area contributed by atoms with Crippen molar-refractivity contribution in [1.29, 1.82) is 0 Å². The lowest BCUT2D eigenvalue weighted by molar-refractivity contribution is 0.383. The normalized spacial score (nSPS) is 10.2. The van der Waals surface area contributed by atoms with Crippen LogP contribution in [0.2, 0.25) is 0 Å². The van der Waals surface area contributed by atoms with Gasteiger partial charge in [0, 0.05) is 24.2 Å². The van der Waals surface area contributed by atoms with Gasteiger partial charge < -0.3 is 15.5 Å². The lowest BCUT2D eigenvalue weighted by atomic mass is 10.1. The molecular formula is C17H25NO2. The van der Waals surface area contributed by atoms with E-state index in [1.54, 1.807) is 12.1 Å². The average molecular weight is 275 g/mol. The Bertz CT molecular complexity index is 440. The van der Waals surface area contributed by atoms with Crippen molar-refractivity contribution >= 4 is 5.70 Å². The maximum Gasteiger partial charge on any atom is 0.124 e. The second-order valence-electron chi connectivity index (χ2n) is 5.01. The first-order valence-corrected chi connectivity index (χ1v) is 7.19. The molecule has 0 aliphatic heterocycles. The van der Waals surface area contributed by atoms with Gasteiger partial charge in [0.25, 0.3) is 0 Å². The number of phenols is 1.